The fourth-order valence-corrected chi connectivity index (χ4v) is 0. The number of hydrogen-bond donors (Lipinski definition) is 0. The second kappa shape index (κ2) is 184. The molecule has 0 atom stereocenters. The predicted molar refractivity (Wildman–Crippen MR) is 46.6 cm³/mol. The van der Waals surface area contributed by atoms with Gasteiger partial charge in [0.2, 0.25) is 0 Å². The summed E-state index contributed by atoms with van der Waals surface area (Å²) in [5, 5.41) is 0. The van der Waals surface area contributed by atoms with Crippen LogP contribution < -0.4 is 0 Å². The van der Waals surface area contributed by atoms with E-state index in [2.05, 4.69) is 13.8 Å². The zero-order chi connectivity index (χ0) is 4.71. The molecule has 0 saturated heterocycles. The average molecular weight is 226 g/mol. The van der Waals surface area contributed by atoms with Gasteiger partial charge in [-0.25, -0.2) is 0 Å². The van der Waals surface area contributed by atoms with Crippen molar-refractivity contribution in [1.29, 1.82) is 0 Å². The topological polar surface area (TPSA) is 0 Å². The van der Waals surface area contributed by atoms with E-state index in [1.165, 1.54) is 6.42 Å². The summed E-state index contributed by atoms with van der Waals surface area (Å²) in [7, 11) is 0. The van der Waals surface area contributed by atoms with E-state index in [1.54, 1.807) is 0 Å². The van der Waals surface area contributed by atoms with Crippen LogP contribution in [0.4, 0.5) is 0 Å². The van der Waals surface area contributed by atoms with Crippen LogP contribution in [-0.2, 0) is 20.4 Å². The second-order valence-corrected chi connectivity index (χ2v) is 0.707. The molecule has 9 heavy (non-hydrogen) atoms. The Balaban J connectivity index is -0.00000000357. The summed E-state index contributed by atoms with van der Waals surface area (Å²) in [6.07, 6.45) is 1.25. The summed E-state index contributed by atoms with van der Waals surface area (Å²) in [4.78, 5) is 0. The van der Waals surface area contributed by atoms with E-state index in [1.807, 2.05) is 13.8 Å². The van der Waals surface area contributed by atoms with Crippen LogP contribution in [0.1, 0.15) is 34.1 Å². The Hall–Kier alpha value is 0.662. The minimum atomic E-state index is 0. The van der Waals surface area contributed by atoms with Crippen molar-refractivity contribution in [3.05, 3.63) is 22.3 Å². The molecule has 0 saturated carbocycles. The van der Waals surface area contributed by atoms with E-state index in [4.69, 9.17) is 0 Å². The molecule has 0 aromatic rings. The molecule has 0 N–H and O–H groups in total. The van der Waals surface area contributed by atoms with Gasteiger partial charge in [-0.1, -0.05) is 34.1 Å². The summed E-state index contributed by atoms with van der Waals surface area (Å²) in [6, 6.07) is 0. The molecule has 0 heterocycles. The van der Waals surface area contributed by atoms with Gasteiger partial charge in [0.05, 0.1) is 0 Å². The molecule has 68 valence electrons. The third-order valence-electron chi connectivity index (χ3n) is 0. The maximum Gasteiger partial charge on any atom is 0 e. The van der Waals surface area contributed by atoms with Gasteiger partial charge in [-0.15, -0.1) is 0 Å². The Morgan fingerprint density at radius 1 is 0.778 bits per heavy atom. The van der Waals surface area contributed by atoms with Gasteiger partial charge < -0.3 is 22.3 Å². The maximum absolute atomic E-state index is 2.12. The normalized spacial score (nSPS) is 2.67. The Labute approximate surface area is 77.1 Å². The minimum absolute atomic E-state index is 0. The largest absolute Gasteiger partial charge is 0.358 e. The molecular weight excluding hydrogens is 203 g/mol. The molecule has 0 spiro atoms. The van der Waals surface area contributed by atoms with Crippen LogP contribution in [0, 0.1) is 22.3 Å². The van der Waals surface area contributed by atoms with Crippen molar-refractivity contribution >= 4 is 0 Å². The van der Waals surface area contributed by atoms with Crippen molar-refractivity contribution in [2.24, 2.45) is 0 Å². The van der Waals surface area contributed by atoms with E-state index in [9.17, 15) is 0 Å². The molecule has 0 amide bonds. The fraction of sp³-hybridized carbons (Fsp3) is 0.625. The molecule has 0 aromatic carbocycles. The summed E-state index contributed by atoms with van der Waals surface area (Å²) in [5.74, 6) is 0. The Morgan fingerprint density at radius 2 is 0.778 bits per heavy atom. The van der Waals surface area contributed by atoms with Crippen LogP contribution in [0.2, 0.25) is 0 Å². The number of rotatable bonds is 0. The van der Waals surface area contributed by atoms with E-state index in [0.717, 1.165) is 0 Å². The summed E-state index contributed by atoms with van der Waals surface area (Å²) >= 11 is 0. The molecule has 1 heteroatoms. The number of hydrogen-bond acceptors (Lipinski definition) is 0. The average Bonchev–Trinajstić information content (AvgIpc) is 1.46. The monoisotopic (exact) mass is 225 g/mol. The van der Waals surface area contributed by atoms with Crippen LogP contribution >= 0.6 is 0 Å². The van der Waals surface area contributed by atoms with Crippen molar-refractivity contribution in [2.45, 2.75) is 34.1 Å². The van der Waals surface area contributed by atoms with Gasteiger partial charge in [0.1, 0.15) is 0 Å². The SMILES string of the molecule is CC.CCC.[CH3-].[CH3-].[CH3-].[Pd]. The fourth-order valence-electron chi connectivity index (χ4n) is 0. The smallest absolute Gasteiger partial charge is 0 e. The van der Waals surface area contributed by atoms with Gasteiger partial charge >= 0.3 is 0 Å². The van der Waals surface area contributed by atoms with Crippen LogP contribution in [0.15, 0.2) is 0 Å². The van der Waals surface area contributed by atoms with Gasteiger partial charge in [-0.05, 0) is 0 Å². The van der Waals surface area contributed by atoms with Crippen LogP contribution in [0.5, 0.6) is 0 Å². The van der Waals surface area contributed by atoms with Gasteiger partial charge in [-0.3, -0.25) is 0 Å². The van der Waals surface area contributed by atoms with Crippen molar-refractivity contribution in [1.82, 2.24) is 0 Å². The van der Waals surface area contributed by atoms with Crippen LogP contribution in [0.25, 0.3) is 0 Å². The molecule has 0 nitrogen and oxygen atoms in total. The van der Waals surface area contributed by atoms with Gasteiger partial charge in [0.25, 0.3) is 0 Å². The molecule has 0 radical (unpaired) electrons. The van der Waals surface area contributed by atoms with Crippen molar-refractivity contribution in [3.63, 3.8) is 0 Å². The van der Waals surface area contributed by atoms with Gasteiger partial charge in [-0.2, -0.15) is 0 Å². The summed E-state index contributed by atoms with van der Waals surface area (Å²) < 4.78 is 0. The third-order valence-corrected chi connectivity index (χ3v) is 0. The van der Waals surface area contributed by atoms with Crippen molar-refractivity contribution in [2.75, 3.05) is 0 Å². The van der Waals surface area contributed by atoms with E-state index in [0.29, 0.717) is 0 Å². The first-order valence-electron chi connectivity index (χ1n) is 2.41. The van der Waals surface area contributed by atoms with Crippen molar-refractivity contribution in [3.8, 4) is 0 Å². The molecule has 0 aliphatic heterocycles. The standard InChI is InChI=1S/C3H8.C2H6.3CH3.Pd/c1-3-2;1-2;;;;/h3H2,1-2H3;1-2H3;3*1H3;/q;;3*-1;. The quantitative estimate of drug-likeness (QED) is 0.435. The predicted octanol–water partition coefficient (Wildman–Crippen LogP) is 3.79. The second-order valence-electron chi connectivity index (χ2n) is 0.707. The van der Waals surface area contributed by atoms with Gasteiger partial charge in [0, 0.05) is 20.4 Å². The summed E-state index contributed by atoms with van der Waals surface area (Å²) in [6.45, 7) is 8.25. The Morgan fingerprint density at radius 3 is 0.778 bits per heavy atom. The molecule has 0 aromatic heterocycles. The maximum atomic E-state index is 2.12. The molecule has 0 bridgehead atoms. The molecule has 0 unspecified atom stereocenters. The zero-order valence-corrected chi connectivity index (χ0v) is 9.58. The molecule has 0 aliphatic rings. The molecule has 0 aliphatic carbocycles. The molecular formula is C8H23Pd-3. The van der Waals surface area contributed by atoms with E-state index in [-0.39, 0.29) is 42.7 Å². The Kier molecular flexibility index (Phi) is 1110. The Bertz CT molecular complexity index is 4.53. The van der Waals surface area contributed by atoms with Crippen LogP contribution in [0.3, 0.4) is 0 Å². The van der Waals surface area contributed by atoms with Gasteiger partial charge in [0.15, 0.2) is 0 Å². The van der Waals surface area contributed by atoms with Crippen LogP contribution in [-0.4, -0.2) is 0 Å². The first kappa shape index (κ1) is 54.1. The molecule has 0 rings (SSSR count). The van der Waals surface area contributed by atoms with Crippen molar-refractivity contribution < 1.29 is 20.4 Å². The minimum Gasteiger partial charge on any atom is -0.358 e. The zero-order valence-electron chi connectivity index (χ0n) is 8.02. The molecule has 0 fully saturated rings. The van der Waals surface area contributed by atoms with E-state index >= 15 is 0 Å². The first-order chi connectivity index (χ1) is 2.41. The first-order valence-corrected chi connectivity index (χ1v) is 2.41. The van der Waals surface area contributed by atoms with E-state index < -0.39 is 0 Å². The third kappa shape index (κ3) is 876. The summed E-state index contributed by atoms with van der Waals surface area (Å²) in [5.41, 5.74) is 0.